The maximum Gasteiger partial charge on any atom is 0.235 e. The lowest BCUT2D eigenvalue weighted by Gasteiger charge is -2.14. The summed E-state index contributed by atoms with van der Waals surface area (Å²) in [4.78, 5) is 10.7. The van der Waals surface area contributed by atoms with Gasteiger partial charge in [0, 0.05) is 52.8 Å². The number of hydrogen-bond donors (Lipinski definition) is 0. The van der Waals surface area contributed by atoms with Crippen molar-refractivity contribution in [3.05, 3.63) is 176 Å². The number of benzene rings is 8. The summed E-state index contributed by atoms with van der Waals surface area (Å²) in [6.45, 7) is 0. The van der Waals surface area contributed by atoms with Crippen molar-refractivity contribution >= 4 is 75.0 Å². The largest absolute Gasteiger partial charge is 0.277 e. The highest BCUT2D eigenvalue weighted by Gasteiger charge is 2.22. The van der Waals surface area contributed by atoms with Gasteiger partial charge in [0.15, 0.2) is 0 Å². The quantitative estimate of drug-likeness (QED) is 0.185. The zero-order valence-corrected chi connectivity index (χ0v) is 28.8. The number of thiophene rings is 1. The Labute approximate surface area is 303 Å². The van der Waals surface area contributed by atoms with Gasteiger partial charge in [-0.15, -0.1) is 11.3 Å². The average Bonchev–Trinajstić information content (AvgIpc) is 3.77. The SMILES string of the molecule is c1ccc(-c2nc(-n3c4c(-c5cccc(-c6cccc7c6sc6ccccc67)c5)cccc4c4ccc5ccccc5c43)nc3ccccc23)cc1. The van der Waals surface area contributed by atoms with Gasteiger partial charge >= 0.3 is 0 Å². The normalized spacial score (nSPS) is 11.8. The molecule has 0 N–H and O–H groups in total. The van der Waals surface area contributed by atoms with E-state index >= 15 is 0 Å². The summed E-state index contributed by atoms with van der Waals surface area (Å²) in [6.07, 6.45) is 0. The van der Waals surface area contributed by atoms with E-state index in [1.807, 2.05) is 11.3 Å². The molecular formula is C48H29N3S. The fourth-order valence-electron chi connectivity index (χ4n) is 8.07. The Morgan fingerprint density at radius 2 is 1.04 bits per heavy atom. The maximum atomic E-state index is 5.43. The first-order valence-electron chi connectivity index (χ1n) is 17.6. The van der Waals surface area contributed by atoms with Crippen LogP contribution < -0.4 is 0 Å². The molecule has 0 aliphatic rings. The van der Waals surface area contributed by atoms with E-state index in [2.05, 4.69) is 180 Å². The number of aromatic nitrogens is 3. The van der Waals surface area contributed by atoms with Crippen LogP contribution >= 0.6 is 11.3 Å². The van der Waals surface area contributed by atoms with Crippen molar-refractivity contribution in [2.24, 2.45) is 0 Å². The van der Waals surface area contributed by atoms with Crippen LogP contribution in [0.15, 0.2) is 176 Å². The van der Waals surface area contributed by atoms with Crippen molar-refractivity contribution in [3.63, 3.8) is 0 Å². The summed E-state index contributed by atoms with van der Waals surface area (Å²) in [6, 6.07) is 63.0. The van der Waals surface area contributed by atoms with Crippen molar-refractivity contribution in [2.75, 3.05) is 0 Å². The van der Waals surface area contributed by atoms with E-state index in [9.17, 15) is 0 Å². The second kappa shape index (κ2) is 11.5. The van der Waals surface area contributed by atoms with Gasteiger partial charge in [-0.1, -0.05) is 158 Å². The number of rotatable bonds is 4. The van der Waals surface area contributed by atoms with Crippen LogP contribution in [0.1, 0.15) is 0 Å². The molecule has 0 radical (unpaired) electrons. The molecule has 8 aromatic carbocycles. The molecule has 3 nitrogen and oxygen atoms in total. The molecule has 0 aliphatic carbocycles. The molecule has 0 amide bonds. The van der Waals surface area contributed by atoms with Crippen molar-refractivity contribution in [2.45, 2.75) is 0 Å². The molecule has 0 spiro atoms. The third-order valence-corrected chi connectivity index (χ3v) is 11.6. The van der Waals surface area contributed by atoms with Gasteiger partial charge in [0.1, 0.15) is 0 Å². The Morgan fingerprint density at radius 3 is 1.92 bits per heavy atom. The van der Waals surface area contributed by atoms with Crippen molar-refractivity contribution in [3.8, 4) is 39.5 Å². The third kappa shape index (κ3) is 4.38. The van der Waals surface area contributed by atoms with Gasteiger partial charge in [0.25, 0.3) is 0 Å². The fourth-order valence-corrected chi connectivity index (χ4v) is 9.31. The highest BCUT2D eigenvalue weighted by Crippen LogP contribution is 2.44. The van der Waals surface area contributed by atoms with Gasteiger partial charge in [-0.25, -0.2) is 9.97 Å². The van der Waals surface area contributed by atoms with Gasteiger partial charge in [0.05, 0.1) is 22.2 Å². The predicted octanol–water partition coefficient (Wildman–Crippen LogP) is 13.2. The molecule has 3 aromatic heterocycles. The van der Waals surface area contributed by atoms with E-state index in [1.54, 1.807) is 0 Å². The number of nitrogens with zero attached hydrogens (tertiary/aromatic N) is 3. The smallest absolute Gasteiger partial charge is 0.235 e. The minimum atomic E-state index is 0.660. The van der Waals surface area contributed by atoms with Crippen LogP contribution in [0.3, 0.4) is 0 Å². The topological polar surface area (TPSA) is 30.7 Å². The van der Waals surface area contributed by atoms with Crippen LogP contribution in [0.4, 0.5) is 0 Å². The van der Waals surface area contributed by atoms with Crippen molar-refractivity contribution in [1.29, 1.82) is 0 Å². The van der Waals surface area contributed by atoms with E-state index in [4.69, 9.17) is 9.97 Å². The monoisotopic (exact) mass is 679 g/mol. The maximum absolute atomic E-state index is 5.43. The van der Waals surface area contributed by atoms with Crippen LogP contribution in [0.5, 0.6) is 0 Å². The standard InChI is InChI=1S/C48H29N3S/c1-2-14-31(15-3-1)44-41-20-6-8-25-42(41)49-48(50-44)51-45-34-18-5-4-13-30(34)27-28-39(45)38-23-11-21-35(46(38)51)32-16-10-17-33(29-32)36-22-12-24-40-37-19-7-9-26-43(37)52-47(36)40/h1-29H. The molecule has 0 atom stereocenters. The molecule has 52 heavy (non-hydrogen) atoms. The summed E-state index contributed by atoms with van der Waals surface area (Å²) in [5.74, 6) is 0.660. The molecule has 0 saturated heterocycles. The minimum Gasteiger partial charge on any atom is -0.277 e. The second-order valence-electron chi connectivity index (χ2n) is 13.3. The van der Waals surface area contributed by atoms with E-state index in [-0.39, 0.29) is 0 Å². The van der Waals surface area contributed by atoms with E-state index in [1.165, 1.54) is 52.8 Å². The first-order chi connectivity index (χ1) is 25.8. The molecule has 0 unspecified atom stereocenters. The molecular weight excluding hydrogens is 651 g/mol. The number of fused-ring (bicyclic) bond motifs is 9. The Morgan fingerprint density at radius 1 is 0.404 bits per heavy atom. The molecule has 4 heteroatoms. The van der Waals surface area contributed by atoms with Crippen molar-refractivity contribution < 1.29 is 0 Å². The van der Waals surface area contributed by atoms with Crippen LogP contribution in [0.2, 0.25) is 0 Å². The van der Waals surface area contributed by atoms with Crippen molar-refractivity contribution in [1.82, 2.24) is 14.5 Å². The Balaban J connectivity index is 1.23. The summed E-state index contributed by atoms with van der Waals surface area (Å²) in [5, 5.41) is 8.36. The number of hydrogen-bond acceptors (Lipinski definition) is 3. The van der Waals surface area contributed by atoms with Gasteiger partial charge in [-0.2, -0.15) is 0 Å². The van der Waals surface area contributed by atoms with E-state index < -0.39 is 0 Å². The van der Waals surface area contributed by atoms with Crippen LogP contribution in [-0.2, 0) is 0 Å². The highest BCUT2D eigenvalue weighted by atomic mass is 32.1. The molecule has 242 valence electrons. The zero-order chi connectivity index (χ0) is 34.2. The predicted molar refractivity (Wildman–Crippen MR) is 221 cm³/mol. The zero-order valence-electron chi connectivity index (χ0n) is 28.0. The average molecular weight is 680 g/mol. The molecule has 11 aromatic rings. The molecule has 0 aliphatic heterocycles. The molecule has 3 heterocycles. The Bertz CT molecular complexity index is 3190. The fraction of sp³-hybridized carbons (Fsp3) is 0. The molecule has 0 saturated carbocycles. The Kier molecular flexibility index (Phi) is 6.42. The highest BCUT2D eigenvalue weighted by molar-refractivity contribution is 7.26. The van der Waals surface area contributed by atoms with Gasteiger partial charge < -0.3 is 0 Å². The van der Waals surface area contributed by atoms with Gasteiger partial charge in [-0.05, 0) is 40.3 Å². The summed E-state index contributed by atoms with van der Waals surface area (Å²) >= 11 is 1.87. The second-order valence-corrected chi connectivity index (χ2v) is 14.4. The lowest BCUT2D eigenvalue weighted by molar-refractivity contribution is 1.02. The van der Waals surface area contributed by atoms with Gasteiger partial charge in [-0.3, -0.25) is 4.57 Å². The van der Waals surface area contributed by atoms with E-state index in [0.29, 0.717) is 5.95 Å². The summed E-state index contributed by atoms with van der Waals surface area (Å²) in [7, 11) is 0. The lowest BCUT2D eigenvalue weighted by atomic mass is 9.96. The summed E-state index contributed by atoms with van der Waals surface area (Å²) < 4.78 is 4.95. The minimum absolute atomic E-state index is 0.660. The first kappa shape index (κ1) is 29.1. The van der Waals surface area contributed by atoms with Crippen LogP contribution in [0.25, 0.3) is 103 Å². The third-order valence-electron chi connectivity index (χ3n) is 10.4. The molecule has 0 bridgehead atoms. The first-order valence-corrected chi connectivity index (χ1v) is 18.4. The summed E-state index contributed by atoms with van der Waals surface area (Å²) in [5.41, 5.74) is 9.86. The van der Waals surface area contributed by atoms with Crippen LogP contribution in [0, 0.1) is 0 Å². The molecule has 11 rings (SSSR count). The van der Waals surface area contributed by atoms with E-state index in [0.717, 1.165) is 44.3 Å². The number of para-hydroxylation sites is 2. The molecule has 0 fully saturated rings. The lowest BCUT2D eigenvalue weighted by Crippen LogP contribution is -2.04. The Hall–Kier alpha value is -6.62. The van der Waals surface area contributed by atoms with Gasteiger partial charge in [0.2, 0.25) is 5.95 Å². The van der Waals surface area contributed by atoms with Crippen LogP contribution in [-0.4, -0.2) is 14.5 Å².